The third-order valence-corrected chi connectivity index (χ3v) is 5.50. The van der Waals surface area contributed by atoms with Crippen molar-refractivity contribution in [3.05, 3.63) is 53.6 Å². The number of nitrogens with zero attached hydrogens (tertiary/aromatic N) is 2. The number of nitrogens with one attached hydrogen (secondary N) is 1. The first-order valence-corrected chi connectivity index (χ1v) is 10.1. The number of rotatable bonds is 3. The number of hydrogen-bond donors (Lipinski definition) is 2. The fraction of sp³-hybridized carbons (Fsp3) is 0.409. The van der Waals surface area contributed by atoms with Crippen LogP contribution in [0.4, 0.5) is 25.0 Å². The van der Waals surface area contributed by atoms with Crippen LogP contribution in [-0.4, -0.2) is 43.0 Å². The Kier molecular flexibility index (Phi) is 5.76. The Balaban J connectivity index is 1.42. The summed E-state index contributed by atoms with van der Waals surface area (Å²) in [5.74, 6) is -0.807. The number of halogens is 2. The maximum Gasteiger partial charge on any atom is 0.322 e. The monoisotopic (exact) mass is 417 g/mol. The minimum atomic E-state index is -0.514. The standard InChI is InChI=1S/C22H25F2N3O3/c1-14-13-27(20-4-2-3-17(23)21(20)30-14)22(29)25-12-15-5-6-19(18(24)11-15)26-9-7-16(28)8-10-26/h2-6,11,14,16,28H,7-10,12-13H2,1H3,(H,25,29). The van der Waals surface area contributed by atoms with E-state index in [4.69, 9.17) is 4.74 Å². The molecule has 0 aromatic heterocycles. The smallest absolute Gasteiger partial charge is 0.322 e. The lowest BCUT2D eigenvalue weighted by molar-refractivity contribution is 0.145. The molecule has 1 unspecified atom stereocenters. The lowest BCUT2D eigenvalue weighted by atomic mass is 10.1. The van der Waals surface area contributed by atoms with Crippen LogP contribution in [0.5, 0.6) is 5.75 Å². The Morgan fingerprint density at radius 3 is 2.67 bits per heavy atom. The molecule has 0 aliphatic carbocycles. The first-order chi connectivity index (χ1) is 14.4. The van der Waals surface area contributed by atoms with E-state index in [9.17, 15) is 18.7 Å². The number of ether oxygens (including phenoxy) is 1. The first kappa shape index (κ1) is 20.4. The van der Waals surface area contributed by atoms with Gasteiger partial charge >= 0.3 is 6.03 Å². The van der Waals surface area contributed by atoms with Crippen LogP contribution in [0.25, 0.3) is 0 Å². The number of para-hydroxylation sites is 1. The fourth-order valence-electron chi connectivity index (χ4n) is 3.91. The Morgan fingerprint density at radius 2 is 1.93 bits per heavy atom. The molecule has 2 aliphatic heterocycles. The number of carbonyl (C=O) groups excluding carboxylic acids is 1. The summed E-state index contributed by atoms with van der Waals surface area (Å²) in [7, 11) is 0. The molecule has 2 aliphatic rings. The molecule has 0 bridgehead atoms. The van der Waals surface area contributed by atoms with Gasteiger partial charge in [0.25, 0.3) is 0 Å². The molecular formula is C22H25F2N3O3. The summed E-state index contributed by atoms with van der Waals surface area (Å²) in [5.41, 5.74) is 1.50. The Morgan fingerprint density at radius 1 is 1.17 bits per heavy atom. The van der Waals surface area contributed by atoms with Crippen LogP contribution < -0.4 is 19.9 Å². The number of amides is 2. The Hall–Kier alpha value is -2.87. The molecule has 2 aromatic rings. The van der Waals surface area contributed by atoms with Crippen LogP contribution in [0, 0.1) is 11.6 Å². The van der Waals surface area contributed by atoms with Crippen LogP contribution in [0.2, 0.25) is 0 Å². The van der Waals surface area contributed by atoms with Crippen LogP contribution in [0.1, 0.15) is 25.3 Å². The van der Waals surface area contributed by atoms with Gasteiger partial charge in [0.1, 0.15) is 11.9 Å². The average Bonchev–Trinajstić information content (AvgIpc) is 2.73. The molecule has 8 heteroatoms. The highest BCUT2D eigenvalue weighted by molar-refractivity contribution is 5.94. The van der Waals surface area contributed by atoms with Gasteiger partial charge < -0.3 is 20.1 Å². The molecule has 2 heterocycles. The van der Waals surface area contributed by atoms with E-state index in [1.165, 1.54) is 23.1 Å². The molecule has 0 saturated carbocycles. The summed E-state index contributed by atoms with van der Waals surface area (Å²) in [6, 6.07) is 8.95. The van der Waals surface area contributed by atoms with Crippen molar-refractivity contribution in [3.8, 4) is 5.75 Å². The van der Waals surface area contributed by atoms with E-state index in [1.807, 2.05) is 4.90 Å². The summed E-state index contributed by atoms with van der Waals surface area (Å²) in [5, 5.41) is 12.4. The van der Waals surface area contributed by atoms with Crippen LogP contribution >= 0.6 is 0 Å². The van der Waals surface area contributed by atoms with E-state index in [0.717, 1.165) is 0 Å². The Labute approximate surface area is 174 Å². The van der Waals surface area contributed by atoms with E-state index in [2.05, 4.69) is 5.32 Å². The van der Waals surface area contributed by atoms with Gasteiger partial charge in [-0.15, -0.1) is 0 Å². The summed E-state index contributed by atoms with van der Waals surface area (Å²) >= 11 is 0. The van der Waals surface area contributed by atoms with E-state index in [1.54, 1.807) is 25.1 Å². The number of aliphatic hydroxyl groups is 1. The molecule has 0 radical (unpaired) electrons. The van der Waals surface area contributed by atoms with Crippen molar-refractivity contribution in [2.75, 3.05) is 29.4 Å². The zero-order chi connectivity index (χ0) is 21.3. The molecule has 0 spiro atoms. The second kappa shape index (κ2) is 8.47. The minimum Gasteiger partial charge on any atom is -0.484 e. The molecule has 1 atom stereocenters. The van der Waals surface area contributed by atoms with Crippen molar-refractivity contribution >= 4 is 17.4 Å². The van der Waals surface area contributed by atoms with E-state index in [0.29, 0.717) is 42.9 Å². The van der Waals surface area contributed by atoms with Crippen molar-refractivity contribution in [1.29, 1.82) is 0 Å². The van der Waals surface area contributed by atoms with Crippen LogP contribution in [0.15, 0.2) is 36.4 Å². The summed E-state index contributed by atoms with van der Waals surface area (Å²) in [6.45, 7) is 3.42. The molecule has 6 nitrogen and oxygen atoms in total. The minimum absolute atomic E-state index is 0.0634. The average molecular weight is 417 g/mol. The van der Waals surface area contributed by atoms with Crippen molar-refractivity contribution in [2.45, 2.75) is 38.5 Å². The summed E-state index contributed by atoms with van der Waals surface area (Å²) in [4.78, 5) is 16.1. The lowest BCUT2D eigenvalue weighted by Gasteiger charge is -2.33. The number of aliphatic hydroxyl groups excluding tert-OH is 1. The summed E-state index contributed by atoms with van der Waals surface area (Å²) in [6.07, 6.45) is 0.578. The normalized spacial score (nSPS) is 19.3. The van der Waals surface area contributed by atoms with Gasteiger partial charge in [-0.2, -0.15) is 0 Å². The molecule has 30 heavy (non-hydrogen) atoms. The zero-order valence-corrected chi connectivity index (χ0v) is 16.8. The predicted octanol–water partition coefficient (Wildman–Crippen LogP) is 3.42. The van der Waals surface area contributed by atoms with Gasteiger partial charge in [-0.3, -0.25) is 4.90 Å². The molecule has 2 amide bonds. The van der Waals surface area contributed by atoms with Crippen molar-refractivity contribution in [1.82, 2.24) is 5.32 Å². The third-order valence-electron chi connectivity index (χ3n) is 5.50. The highest BCUT2D eigenvalue weighted by Crippen LogP contribution is 2.35. The van der Waals surface area contributed by atoms with Crippen molar-refractivity contribution < 1.29 is 23.4 Å². The van der Waals surface area contributed by atoms with Gasteiger partial charge in [-0.1, -0.05) is 12.1 Å². The number of piperidine rings is 1. The quantitative estimate of drug-likeness (QED) is 0.803. The number of fused-ring (bicyclic) bond motifs is 1. The topological polar surface area (TPSA) is 65.0 Å². The second-order valence-corrected chi connectivity index (χ2v) is 7.79. The molecule has 2 aromatic carbocycles. The van der Waals surface area contributed by atoms with E-state index >= 15 is 0 Å². The molecular weight excluding hydrogens is 392 g/mol. The number of carbonyl (C=O) groups is 1. The number of urea groups is 1. The number of benzene rings is 2. The van der Waals surface area contributed by atoms with Gasteiger partial charge in [0.15, 0.2) is 11.6 Å². The largest absolute Gasteiger partial charge is 0.484 e. The number of anilines is 2. The highest BCUT2D eigenvalue weighted by atomic mass is 19.1. The second-order valence-electron chi connectivity index (χ2n) is 7.79. The van der Waals surface area contributed by atoms with E-state index in [-0.39, 0.29) is 36.9 Å². The van der Waals surface area contributed by atoms with Crippen molar-refractivity contribution in [2.24, 2.45) is 0 Å². The molecule has 1 fully saturated rings. The SMILES string of the molecule is CC1CN(C(=O)NCc2ccc(N3CCC(O)CC3)c(F)c2)c2cccc(F)c2O1. The van der Waals surface area contributed by atoms with Gasteiger partial charge in [0, 0.05) is 19.6 Å². The predicted molar refractivity (Wildman–Crippen MR) is 110 cm³/mol. The van der Waals surface area contributed by atoms with E-state index < -0.39 is 11.8 Å². The molecule has 1 saturated heterocycles. The maximum absolute atomic E-state index is 14.6. The molecule has 160 valence electrons. The van der Waals surface area contributed by atoms with Gasteiger partial charge in [0.2, 0.25) is 0 Å². The van der Waals surface area contributed by atoms with Gasteiger partial charge in [-0.05, 0) is 49.6 Å². The van der Waals surface area contributed by atoms with Gasteiger partial charge in [-0.25, -0.2) is 13.6 Å². The van der Waals surface area contributed by atoms with Crippen LogP contribution in [-0.2, 0) is 6.54 Å². The lowest BCUT2D eigenvalue weighted by Crippen LogP contribution is -2.47. The molecule has 4 rings (SSSR count). The van der Waals surface area contributed by atoms with Crippen molar-refractivity contribution in [3.63, 3.8) is 0 Å². The van der Waals surface area contributed by atoms with Gasteiger partial charge in [0.05, 0.1) is 24.0 Å². The fourth-order valence-corrected chi connectivity index (χ4v) is 3.91. The Bertz CT molecular complexity index is 932. The maximum atomic E-state index is 14.6. The molecule has 2 N–H and O–H groups in total. The van der Waals surface area contributed by atoms with Crippen LogP contribution in [0.3, 0.4) is 0 Å². The number of hydrogen-bond acceptors (Lipinski definition) is 4. The first-order valence-electron chi connectivity index (χ1n) is 10.1. The highest BCUT2D eigenvalue weighted by Gasteiger charge is 2.29. The zero-order valence-electron chi connectivity index (χ0n) is 16.8. The third kappa shape index (κ3) is 4.18. The summed E-state index contributed by atoms with van der Waals surface area (Å²) < 4.78 is 34.2.